The van der Waals surface area contributed by atoms with Gasteiger partial charge in [-0.1, -0.05) is 0 Å². The minimum absolute atomic E-state index is 0. The number of carbonyl (C=O) groups is 1. The first-order chi connectivity index (χ1) is 9.11. The van der Waals surface area contributed by atoms with E-state index < -0.39 is 0 Å². The summed E-state index contributed by atoms with van der Waals surface area (Å²) in [6.07, 6.45) is 2.17. The van der Waals surface area contributed by atoms with E-state index in [0.29, 0.717) is 16.0 Å². The Morgan fingerprint density at radius 1 is 1.55 bits per heavy atom. The van der Waals surface area contributed by atoms with E-state index in [0.717, 1.165) is 32.5 Å². The number of rotatable bonds is 3. The van der Waals surface area contributed by atoms with Crippen LogP contribution in [-0.4, -0.2) is 37.5 Å². The van der Waals surface area contributed by atoms with Crippen molar-refractivity contribution in [1.82, 2.24) is 10.2 Å². The van der Waals surface area contributed by atoms with Crippen molar-refractivity contribution in [2.24, 2.45) is 5.92 Å². The lowest BCUT2D eigenvalue weighted by molar-refractivity contribution is 0.0673. The minimum Gasteiger partial charge on any atom is -0.338 e. The van der Waals surface area contributed by atoms with Gasteiger partial charge in [-0.2, -0.15) is 0 Å². The minimum atomic E-state index is -0.338. The summed E-state index contributed by atoms with van der Waals surface area (Å²) in [6.45, 7) is 2.47. The molecule has 1 amide bonds. The molecule has 0 aliphatic carbocycles. The average molecular weight is 366 g/mol. The maximum Gasteiger partial charge on any atom is 0.255 e. The summed E-state index contributed by atoms with van der Waals surface area (Å²) in [5, 5.41) is 3.16. The maximum atomic E-state index is 13.1. The Morgan fingerprint density at radius 2 is 2.30 bits per heavy atom. The number of halogens is 3. The van der Waals surface area contributed by atoms with Gasteiger partial charge in [-0.3, -0.25) is 4.79 Å². The molecule has 0 bridgehead atoms. The number of likely N-dealkylation sites (tertiary alicyclic amines) is 1. The van der Waals surface area contributed by atoms with E-state index in [1.54, 1.807) is 6.07 Å². The summed E-state index contributed by atoms with van der Waals surface area (Å²) >= 11 is 3.26. The van der Waals surface area contributed by atoms with Crippen molar-refractivity contribution in [3.63, 3.8) is 0 Å². The molecule has 3 nitrogen and oxygen atoms in total. The van der Waals surface area contributed by atoms with Gasteiger partial charge in [0.2, 0.25) is 0 Å². The lowest BCUT2D eigenvalue weighted by Gasteiger charge is -2.33. The summed E-state index contributed by atoms with van der Waals surface area (Å²) in [4.78, 5) is 14.3. The summed E-state index contributed by atoms with van der Waals surface area (Å²) in [5.74, 6) is 0.143. The van der Waals surface area contributed by atoms with Gasteiger partial charge >= 0.3 is 0 Å². The molecule has 1 unspecified atom stereocenters. The van der Waals surface area contributed by atoms with Gasteiger partial charge in [0, 0.05) is 17.6 Å². The van der Waals surface area contributed by atoms with Crippen LogP contribution in [0.1, 0.15) is 23.2 Å². The second-order valence-electron chi connectivity index (χ2n) is 4.94. The van der Waals surface area contributed by atoms with E-state index in [1.807, 2.05) is 11.9 Å². The molecule has 0 saturated carbocycles. The summed E-state index contributed by atoms with van der Waals surface area (Å²) < 4.78 is 13.6. The summed E-state index contributed by atoms with van der Waals surface area (Å²) in [6, 6.07) is 4.21. The first-order valence-electron chi connectivity index (χ1n) is 6.50. The molecule has 1 N–H and O–H groups in total. The molecular weight excluding hydrogens is 347 g/mol. The number of hydrogen-bond donors (Lipinski definition) is 1. The number of hydrogen-bond acceptors (Lipinski definition) is 2. The first kappa shape index (κ1) is 17.4. The third kappa shape index (κ3) is 4.17. The Bertz CT molecular complexity index is 470. The van der Waals surface area contributed by atoms with Gasteiger partial charge in [-0.25, -0.2) is 4.39 Å². The van der Waals surface area contributed by atoms with Crippen molar-refractivity contribution in [3.05, 3.63) is 34.1 Å². The Hall–Kier alpha value is -0.650. The normalized spacial score (nSPS) is 18.6. The summed E-state index contributed by atoms with van der Waals surface area (Å²) in [5.41, 5.74) is 0.534. The Balaban J connectivity index is 0.00000200. The molecule has 1 aromatic rings. The highest BCUT2D eigenvalue weighted by atomic mass is 79.9. The van der Waals surface area contributed by atoms with Crippen LogP contribution in [0.2, 0.25) is 0 Å². The van der Waals surface area contributed by atoms with Crippen LogP contribution in [0, 0.1) is 11.7 Å². The van der Waals surface area contributed by atoms with E-state index in [-0.39, 0.29) is 24.1 Å². The fourth-order valence-corrected chi connectivity index (χ4v) is 3.06. The third-order valence-corrected chi connectivity index (χ3v) is 4.12. The van der Waals surface area contributed by atoms with E-state index in [2.05, 4.69) is 21.2 Å². The van der Waals surface area contributed by atoms with Crippen LogP contribution in [0.3, 0.4) is 0 Å². The summed E-state index contributed by atoms with van der Waals surface area (Å²) in [7, 11) is 1.93. The number of piperidine rings is 1. The number of benzene rings is 1. The first-order valence-corrected chi connectivity index (χ1v) is 7.30. The third-order valence-electron chi connectivity index (χ3n) is 3.46. The molecule has 1 aliphatic rings. The molecular formula is C14H19BrClFN2O. The van der Waals surface area contributed by atoms with Crippen LogP contribution in [0.4, 0.5) is 4.39 Å². The van der Waals surface area contributed by atoms with Gasteiger partial charge in [-0.15, -0.1) is 12.4 Å². The van der Waals surface area contributed by atoms with E-state index >= 15 is 0 Å². The van der Waals surface area contributed by atoms with Gasteiger partial charge in [-0.05, 0) is 66.5 Å². The van der Waals surface area contributed by atoms with Crippen LogP contribution in [0.15, 0.2) is 22.7 Å². The zero-order valence-corrected chi connectivity index (χ0v) is 13.8. The monoisotopic (exact) mass is 364 g/mol. The Morgan fingerprint density at radius 3 is 2.95 bits per heavy atom. The van der Waals surface area contributed by atoms with E-state index in [4.69, 9.17) is 0 Å². The molecule has 0 radical (unpaired) electrons. The molecule has 0 aromatic heterocycles. The number of carbonyl (C=O) groups excluding carboxylic acids is 1. The molecule has 112 valence electrons. The van der Waals surface area contributed by atoms with Crippen molar-refractivity contribution < 1.29 is 9.18 Å². The highest BCUT2D eigenvalue weighted by Gasteiger charge is 2.25. The van der Waals surface area contributed by atoms with Gasteiger partial charge < -0.3 is 10.2 Å². The van der Waals surface area contributed by atoms with Crippen molar-refractivity contribution in [2.45, 2.75) is 12.8 Å². The lowest BCUT2D eigenvalue weighted by atomic mass is 9.97. The number of nitrogens with zero attached hydrogens (tertiary/aromatic N) is 1. The van der Waals surface area contributed by atoms with Crippen molar-refractivity contribution in [1.29, 1.82) is 0 Å². The maximum absolute atomic E-state index is 13.1. The lowest BCUT2D eigenvalue weighted by Crippen LogP contribution is -2.42. The molecule has 1 saturated heterocycles. The van der Waals surface area contributed by atoms with E-state index in [9.17, 15) is 9.18 Å². The molecule has 1 aromatic carbocycles. The van der Waals surface area contributed by atoms with Crippen LogP contribution in [0.5, 0.6) is 0 Å². The van der Waals surface area contributed by atoms with Crippen LogP contribution in [0.25, 0.3) is 0 Å². The van der Waals surface area contributed by atoms with Gasteiger partial charge in [0.05, 0.1) is 5.56 Å². The second-order valence-corrected chi connectivity index (χ2v) is 5.80. The largest absolute Gasteiger partial charge is 0.338 e. The molecule has 6 heteroatoms. The molecule has 1 fully saturated rings. The SMILES string of the molecule is CNCC1CCCN(C(=O)c2ccc(F)cc2Br)C1.Cl. The van der Waals surface area contributed by atoms with Gasteiger partial charge in [0.15, 0.2) is 0 Å². The van der Waals surface area contributed by atoms with E-state index in [1.165, 1.54) is 12.1 Å². The second kappa shape index (κ2) is 7.96. The predicted molar refractivity (Wildman–Crippen MR) is 83.9 cm³/mol. The fraction of sp³-hybridized carbons (Fsp3) is 0.500. The zero-order chi connectivity index (χ0) is 13.8. The highest BCUT2D eigenvalue weighted by Crippen LogP contribution is 2.23. The highest BCUT2D eigenvalue weighted by molar-refractivity contribution is 9.10. The van der Waals surface area contributed by atoms with Crippen LogP contribution < -0.4 is 5.32 Å². The number of nitrogens with one attached hydrogen (secondary N) is 1. The van der Waals surface area contributed by atoms with Crippen molar-refractivity contribution in [3.8, 4) is 0 Å². The van der Waals surface area contributed by atoms with Gasteiger partial charge in [0.1, 0.15) is 5.82 Å². The molecule has 1 aliphatic heterocycles. The molecule has 1 atom stereocenters. The zero-order valence-electron chi connectivity index (χ0n) is 11.4. The van der Waals surface area contributed by atoms with Crippen LogP contribution >= 0.6 is 28.3 Å². The Kier molecular flexibility index (Phi) is 6.92. The van der Waals surface area contributed by atoms with Crippen LogP contribution in [-0.2, 0) is 0 Å². The predicted octanol–water partition coefficient (Wildman–Crippen LogP) is 3.08. The molecule has 2 rings (SSSR count). The molecule has 20 heavy (non-hydrogen) atoms. The quantitative estimate of drug-likeness (QED) is 0.893. The fourth-order valence-electron chi connectivity index (χ4n) is 2.54. The van der Waals surface area contributed by atoms with Crippen molar-refractivity contribution >= 4 is 34.2 Å². The van der Waals surface area contributed by atoms with Gasteiger partial charge in [0.25, 0.3) is 5.91 Å². The number of amides is 1. The topological polar surface area (TPSA) is 32.3 Å². The molecule has 0 spiro atoms. The average Bonchev–Trinajstić information content (AvgIpc) is 2.39. The van der Waals surface area contributed by atoms with Crippen molar-refractivity contribution in [2.75, 3.05) is 26.7 Å². The molecule has 1 heterocycles. The Labute approximate surface area is 133 Å². The smallest absolute Gasteiger partial charge is 0.255 e. The standard InChI is InChI=1S/C14H18BrFN2O.ClH/c1-17-8-10-3-2-6-18(9-10)14(19)12-5-4-11(16)7-13(12)15;/h4-5,7,10,17H,2-3,6,8-9H2,1H3;1H.